The number of aliphatic hydroxyl groups excluding tert-OH is 1. The first-order valence-corrected chi connectivity index (χ1v) is 7.36. The Morgan fingerprint density at radius 2 is 2.10 bits per heavy atom. The molecule has 0 saturated carbocycles. The lowest BCUT2D eigenvalue weighted by atomic mass is 9.97. The molecule has 0 amide bonds. The average Bonchev–Trinajstić information content (AvgIpc) is 2.47. The van der Waals surface area contributed by atoms with Gasteiger partial charge in [-0.05, 0) is 18.8 Å². The van der Waals surface area contributed by atoms with Crippen molar-refractivity contribution in [2.24, 2.45) is 5.92 Å². The summed E-state index contributed by atoms with van der Waals surface area (Å²) < 4.78 is 5.23. The minimum Gasteiger partial charge on any atom is -0.390 e. The molecule has 1 aromatic rings. The highest BCUT2D eigenvalue weighted by atomic mass is 16.5. The molecule has 5 heteroatoms. The van der Waals surface area contributed by atoms with Gasteiger partial charge in [-0.1, -0.05) is 13.8 Å². The van der Waals surface area contributed by atoms with Crippen LogP contribution in [-0.4, -0.2) is 41.9 Å². The van der Waals surface area contributed by atoms with Gasteiger partial charge in [0.2, 0.25) is 0 Å². The lowest BCUT2D eigenvalue weighted by Crippen LogP contribution is -2.36. The molecule has 0 atom stereocenters. The monoisotopic (exact) mass is 279 g/mol. The molecule has 1 aliphatic rings. The first kappa shape index (κ1) is 15.2. The summed E-state index contributed by atoms with van der Waals surface area (Å²) in [5.41, 5.74) is 1.72. The topological polar surface area (TPSA) is 58.5 Å². The molecule has 5 nitrogen and oxygen atoms in total. The van der Waals surface area contributed by atoms with Crippen LogP contribution in [0.3, 0.4) is 0 Å². The molecule has 2 rings (SSSR count). The number of rotatable bonds is 5. The lowest BCUT2D eigenvalue weighted by Gasteiger charge is -2.33. The molecular weight excluding hydrogens is 254 g/mol. The summed E-state index contributed by atoms with van der Waals surface area (Å²) in [5, 5.41) is 9.55. The van der Waals surface area contributed by atoms with Gasteiger partial charge in [-0.2, -0.15) is 0 Å². The fourth-order valence-corrected chi connectivity index (χ4v) is 2.66. The summed E-state index contributed by atoms with van der Waals surface area (Å²) in [5.74, 6) is 1.72. The van der Waals surface area contributed by atoms with Gasteiger partial charge in [0, 0.05) is 32.7 Å². The van der Waals surface area contributed by atoms with Crippen LogP contribution in [0.15, 0.2) is 6.20 Å². The quantitative estimate of drug-likeness (QED) is 0.893. The maximum atomic E-state index is 9.55. The van der Waals surface area contributed by atoms with E-state index in [9.17, 15) is 5.11 Å². The van der Waals surface area contributed by atoms with E-state index in [1.807, 2.05) is 6.20 Å². The normalized spacial score (nSPS) is 16.9. The largest absolute Gasteiger partial charge is 0.390 e. The second-order valence-electron chi connectivity index (χ2n) is 5.76. The van der Waals surface area contributed by atoms with Crippen LogP contribution in [0.1, 0.15) is 44.1 Å². The molecule has 1 N–H and O–H groups in total. The SMILES string of the molecule is COCC1CCN(c2cnc(C(C)C)nc2CO)CC1. The maximum Gasteiger partial charge on any atom is 0.131 e. The van der Waals surface area contributed by atoms with Gasteiger partial charge in [0.1, 0.15) is 5.82 Å². The van der Waals surface area contributed by atoms with Crippen molar-refractivity contribution in [3.63, 3.8) is 0 Å². The Labute approximate surface area is 121 Å². The van der Waals surface area contributed by atoms with Gasteiger partial charge in [0.05, 0.1) is 24.2 Å². The zero-order chi connectivity index (χ0) is 14.5. The summed E-state index contributed by atoms with van der Waals surface area (Å²) in [7, 11) is 1.76. The van der Waals surface area contributed by atoms with Crippen molar-refractivity contribution in [3.8, 4) is 0 Å². The van der Waals surface area contributed by atoms with Crippen molar-refractivity contribution in [1.82, 2.24) is 9.97 Å². The molecule has 1 saturated heterocycles. The van der Waals surface area contributed by atoms with E-state index in [1.165, 1.54) is 0 Å². The van der Waals surface area contributed by atoms with E-state index in [0.717, 1.165) is 49.7 Å². The highest BCUT2D eigenvalue weighted by molar-refractivity contribution is 5.49. The Kier molecular flexibility index (Phi) is 5.31. The molecule has 0 radical (unpaired) electrons. The van der Waals surface area contributed by atoms with Crippen molar-refractivity contribution in [2.45, 2.75) is 39.2 Å². The van der Waals surface area contributed by atoms with Crippen molar-refractivity contribution >= 4 is 5.69 Å². The van der Waals surface area contributed by atoms with Crippen LogP contribution in [0.2, 0.25) is 0 Å². The second-order valence-corrected chi connectivity index (χ2v) is 5.76. The van der Waals surface area contributed by atoms with Gasteiger partial charge in [-0.3, -0.25) is 0 Å². The number of aliphatic hydroxyl groups is 1. The average molecular weight is 279 g/mol. The van der Waals surface area contributed by atoms with Crippen molar-refractivity contribution in [1.29, 1.82) is 0 Å². The maximum absolute atomic E-state index is 9.55. The van der Waals surface area contributed by atoms with Crippen molar-refractivity contribution in [2.75, 3.05) is 31.7 Å². The Morgan fingerprint density at radius 3 is 2.65 bits per heavy atom. The van der Waals surface area contributed by atoms with E-state index in [0.29, 0.717) is 5.92 Å². The number of nitrogens with zero attached hydrogens (tertiary/aromatic N) is 3. The van der Waals surface area contributed by atoms with Crippen molar-refractivity contribution in [3.05, 3.63) is 17.7 Å². The van der Waals surface area contributed by atoms with Gasteiger partial charge < -0.3 is 14.7 Å². The predicted octanol–water partition coefficient (Wildman–Crippen LogP) is 1.96. The summed E-state index contributed by atoms with van der Waals surface area (Å²) in [6.45, 7) is 6.88. The number of hydrogen-bond donors (Lipinski definition) is 1. The molecule has 1 aliphatic heterocycles. The highest BCUT2D eigenvalue weighted by Crippen LogP contribution is 2.26. The van der Waals surface area contributed by atoms with Crippen LogP contribution >= 0.6 is 0 Å². The fourth-order valence-electron chi connectivity index (χ4n) is 2.66. The molecule has 1 fully saturated rings. The van der Waals surface area contributed by atoms with Gasteiger partial charge in [0.25, 0.3) is 0 Å². The highest BCUT2D eigenvalue weighted by Gasteiger charge is 2.22. The van der Waals surface area contributed by atoms with Gasteiger partial charge >= 0.3 is 0 Å². The van der Waals surface area contributed by atoms with Gasteiger partial charge in [-0.15, -0.1) is 0 Å². The van der Waals surface area contributed by atoms with Crippen LogP contribution < -0.4 is 4.90 Å². The standard InChI is InChI=1S/C15H25N3O2/c1-11(2)15-16-8-14(13(9-19)17-15)18-6-4-12(5-7-18)10-20-3/h8,11-12,19H,4-7,9-10H2,1-3H3. The molecule has 0 bridgehead atoms. The van der Waals surface area contributed by atoms with E-state index in [2.05, 4.69) is 28.7 Å². The third-order valence-electron chi connectivity index (χ3n) is 3.89. The minimum absolute atomic E-state index is 0.0322. The van der Waals surface area contributed by atoms with Crippen LogP contribution in [-0.2, 0) is 11.3 Å². The van der Waals surface area contributed by atoms with E-state index in [-0.39, 0.29) is 12.5 Å². The summed E-state index contributed by atoms with van der Waals surface area (Å²) in [4.78, 5) is 11.2. The van der Waals surface area contributed by atoms with E-state index in [1.54, 1.807) is 7.11 Å². The third-order valence-corrected chi connectivity index (χ3v) is 3.89. The van der Waals surface area contributed by atoms with E-state index in [4.69, 9.17) is 4.74 Å². The summed E-state index contributed by atoms with van der Waals surface area (Å²) in [6.07, 6.45) is 4.10. The van der Waals surface area contributed by atoms with E-state index < -0.39 is 0 Å². The lowest BCUT2D eigenvalue weighted by molar-refractivity contribution is 0.139. The second kappa shape index (κ2) is 6.99. The first-order valence-electron chi connectivity index (χ1n) is 7.36. The number of ether oxygens (including phenoxy) is 1. The Hall–Kier alpha value is -1.20. The number of hydrogen-bond acceptors (Lipinski definition) is 5. The predicted molar refractivity (Wildman–Crippen MR) is 78.9 cm³/mol. The third kappa shape index (κ3) is 3.46. The molecule has 2 heterocycles. The Balaban J connectivity index is 2.09. The van der Waals surface area contributed by atoms with Crippen molar-refractivity contribution < 1.29 is 9.84 Å². The van der Waals surface area contributed by atoms with Gasteiger partial charge in [-0.25, -0.2) is 9.97 Å². The number of aromatic nitrogens is 2. The molecular formula is C15H25N3O2. The van der Waals surface area contributed by atoms with E-state index >= 15 is 0 Å². The van der Waals surface area contributed by atoms with Crippen LogP contribution in [0.4, 0.5) is 5.69 Å². The van der Waals surface area contributed by atoms with Crippen LogP contribution in [0.5, 0.6) is 0 Å². The molecule has 1 aromatic heterocycles. The molecule has 0 unspecified atom stereocenters. The Bertz CT molecular complexity index is 429. The molecule has 0 aliphatic carbocycles. The molecule has 112 valence electrons. The minimum atomic E-state index is -0.0322. The smallest absolute Gasteiger partial charge is 0.131 e. The number of piperidine rings is 1. The number of anilines is 1. The number of methoxy groups -OCH3 is 1. The summed E-state index contributed by atoms with van der Waals surface area (Å²) in [6, 6.07) is 0. The Morgan fingerprint density at radius 1 is 1.40 bits per heavy atom. The van der Waals surface area contributed by atoms with Crippen LogP contribution in [0.25, 0.3) is 0 Å². The summed E-state index contributed by atoms with van der Waals surface area (Å²) >= 11 is 0. The fraction of sp³-hybridized carbons (Fsp3) is 0.733. The zero-order valence-electron chi connectivity index (χ0n) is 12.7. The molecule has 0 spiro atoms. The zero-order valence-corrected chi connectivity index (χ0v) is 12.7. The first-order chi connectivity index (χ1) is 9.65. The molecule has 20 heavy (non-hydrogen) atoms. The van der Waals surface area contributed by atoms with Crippen LogP contribution in [0, 0.1) is 5.92 Å². The van der Waals surface area contributed by atoms with Gasteiger partial charge in [0.15, 0.2) is 0 Å². The molecule has 0 aromatic carbocycles.